The minimum absolute atomic E-state index is 0.0164. The number of nitrogen functional groups attached to an aromatic ring is 1. The molecule has 2 aromatic carbocycles. The van der Waals surface area contributed by atoms with Crippen LogP contribution in [-0.4, -0.2) is 26.4 Å². The number of esters is 1. The van der Waals surface area contributed by atoms with E-state index < -0.39 is 28.0 Å². The van der Waals surface area contributed by atoms with E-state index in [1.807, 2.05) is 0 Å². The Morgan fingerprint density at radius 3 is 2.30 bits per heavy atom. The lowest BCUT2D eigenvalue weighted by molar-refractivity contribution is -0.123. The van der Waals surface area contributed by atoms with Gasteiger partial charge >= 0.3 is 5.97 Å². The number of hydrogen-bond donors (Lipinski definition) is 3. The number of rotatable bonds is 5. The lowest BCUT2D eigenvalue weighted by atomic mass is 10.2. The highest BCUT2D eigenvalue weighted by Gasteiger charge is 2.22. The van der Waals surface area contributed by atoms with E-state index in [-0.39, 0.29) is 26.2 Å². The smallest absolute Gasteiger partial charge is 0.341 e. The number of primary sulfonamides is 1. The van der Waals surface area contributed by atoms with Crippen LogP contribution in [0.4, 0.5) is 11.4 Å². The lowest BCUT2D eigenvalue weighted by Crippen LogP contribution is -2.30. The first-order chi connectivity index (χ1) is 12.5. The van der Waals surface area contributed by atoms with Gasteiger partial charge in [0.25, 0.3) is 5.91 Å². The first-order valence-corrected chi connectivity index (χ1v) is 9.68. The Morgan fingerprint density at radius 2 is 1.74 bits per heavy atom. The topological polar surface area (TPSA) is 142 Å². The number of amides is 1. The van der Waals surface area contributed by atoms with Crippen LogP contribution < -0.4 is 16.2 Å². The molecule has 1 atom stereocenters. The molecule has 11 heteroatoms. The van der Waals surface area contributed by atoms with Crippen molar-refractivity contribution >= 4 is 56.5 Å². The summed E-state index contributed by atoms with van der Waals surface area (Å²) in [6.45, 7) is 1.36. The molecule has 0 aliphatic carbocycles. The molecule has 0 aliphatic heterocycles. The molecule has 1 amide bonds. The second kappa shape index (κ2) is 8.13. The molecule has 5 N–H and O–H groups in total. The highest BCUT2D eigenvalue weighted by molar-refractivity contribution is 7.89. The number of sulfonamides is 1. The van der Waals surface area contributed by atoms with E-state index >= 15 is 0 Å². The average Bonchev–Trinajstić information content (AvgIpc) is 2.57. The van der Waals surface area contributed by atoms with Crippen LogP contribution in [0.15, 0.2) is 41.3 Å². The maximum absolute atomic E-state index is 12.2. The molecule has 2 rings (SSSR count). The van der Waals surface area contributed by atoms with Gasteiger partial charge in [-0.25, -0.2) is 18.4 Å². The molecule has 0 bridgehead atoms. The Balaban J connectivity index is 2.06. The summed E-state index contributed by atoms with van der Waals surface area (Å²) in [4.78, 5) is 24.3. The van der Waals surface area contributed by atoms with Crippen LogP contribution in [0.5, 0.6) is 0 Å². The van der Waals surface area contributed by atoms with Gasteiger partial charge in [-0.2, -0.15) is 0 Å². The van der Waals surface area contributed by atoms with Gasteiger partial charge in [-0.15, -0.1) is 0 Å². The maximum Gasteiger partial charge on any atom is 0.341 e. The number of benzene rings is 2. The zero-order valence-corrected chi connectivity index (χ0v) is 16.2. The second-order valence-electron chi connectivity index (χ2n) is 5.46. The summed E-state index contributed by atoms with van der Waals surface area (Å²) in [6.07, 6.45) is -1.17. The molecule has 0 aliphatic rings. The Labute approximate surface area is 165 Å². The number of anilines is 2. The molecule has 2 aromatic rings. The molecule has 27 heavy (non-hydrogen) atoms. The summed E-state index contributed by atoms with van der Waals surface area (Å²) < 4.78 is 27.5. The molecule has 0 aromatic heterocycles. The van der Waals surface area contributed by atoms with Crippen LogP contribution in [0.3, 0.4) is 0 Å². The van der Waals surface area contributed by atoms with Crippen LogP contribution >= 0.6 is 23.2 Å². The van der Waals surface area contributed by atoms with Crippen LogP contribution in [0.25, 0.3) is 0 Å². The van der Waals surface area contributed by atoms with Crippen LogP contribution in [0.1, 0.15) is 17.3 Å². The largest absolute Gasteiger partial charge is 0.449 e. The average molecular weight is 432 g/mol. The highest BCUT2D eigenvalue weighted by Crippen LogP contribution is 2.28. The number of nitrogens with two attached hydrogens (primary N) is 2. The van der Waals surface area contributed by atoms with E-state index in [9.17, 15) is 18.0 Å². The molecule has 0 heterocycles. The monoisotopic (exact) mass is 431 g/mol. The van der Waals surface area contributed by atoms with Crippen molar-refractivity contribution < 1.29 is 22.7 Å². The number of carbonyl (C=O) groups is 2. The van der Waals surface area contributed by atoms with Crippen LogP contribution in [0, 0.1) is 0 Å². The Morgan fingerprint density at radius 1 is 1.15 bits per heavy atom. The molecule has 144 valence electrons. The number of hydrogen-bond acceptors (Lipinski definition) is 6. The summed E-state index contributed by atoms with van der Waals surface area (Å²) in [6, 6.07) is 7.81. The number of carbonyl (C=O) groups excluding carboxylic acids is 2. The van der Waals surface area contributed by atoms with Crippen molar-refractivity contribution in [3.05, 3.63) is 52.0 Å². The number of halogens is 2. The predicted octanol–water partition coefficient (Wildman–Crippen LogP) is 2.41. The fraction of sp³-hybridized carbons (Fsp3) is 0.125. The predicted molar refractivity (Wildman–Crippen MR) is 102 cm³/mol. The zero-order valence-electron chi connectivity index (χ0n) is 13.9. The van der Waals surface area contributed by atoms with Gasteiger partial charge in [0.15, 0.2) is 6.10 Å². The molecule has 0 saturated carbocycles. The molecule has 0 saturated heterocycles. The van der Waals surface area contributed by atoms with Gasteiger partial charge in [0, 0.05) is 10.7 Å². The quantitative estimate of drug-likeness (QED) is 0.489. The van der Waals surface area contributed by atoms with E-state index in [0.717, 1.165) is 0 Å². The third-order valence-electron chi connectivity index (χ3n) is 3.42. The zero-order chi connectivity index (χ0) is 20.4. The lowest BCUT2D eigenvalue weighted by Gasteiger charge is -2.15. The van der Waals surface area contributed by atoms with Crippen molar-refractivity contribution in [2.24, 2.45) is 5.14 Å². The van der Waals surface area contributed by atoms with Gasteiger partial charge in [0.1, 0.15) is 0 Å². The Bertz CT molecular complexity index is 994. The van der Waals surface area contributed by atoms with Crippen LogP contribution in [0.2, 0.25) is 10.0 Å². The molecular weight excluding hydrogens is 417 g/mol. The normalized spacial score (nSPS) is 12.3. The molecule has 0 spiro atoms. The van der Waals surface area contributed by atoms with Gasteiger partial charge in [-0.3, -0.25) is 4.79 Å². The summed E-state index contributed by atoms with van der Waals surface area (Å²) in [7, 11) is -3.84. The highest BCUT2D eigenvalue weighted by atomic mass is 35.5. The van der Waals surface area contributed by atoms with Crippen molar-refractivity contribution in [3.63, 3.8) is 0 Å². The van der Waals surface area contributed by atoms with Gasteiger partial charge in [-0.1, -0.05) is 23.2 Å². The van der Waals surface area contributed by atoms with Crippen LogP contribution in [-0.2, 0) is 19.6 Å². The fourth-order valence-electron chi connectivity index (χ4n) is 2.00. The van der Waals surface area contributed by atoms with Crippen molar-refractivity contribution in [3.8, 4) is 0 Å². The number of ether oxygens (including phenoxy) is 1. The van der Waals surface area contributed by atoms with Crippen molar-refractivity contribution in [1.82, 2.24) is 0 Å². The minimum atomic E-state index is -3.84. The Hall–Kier alpha value is -2.33. The first kappa shape index (κ1) is 21.0. The van der Waals surface area contributed by atoms with E-state index in [1.54, 1.807) is 0 Å². The number of nitrogens with one attached hydrogen (secondary N) is 1. The summed E-state index contributed by atoms with van der Waals surface area (Å²) in [5.74, 6) is -1.51. The van der Waals surface area contributed by atoms with Gasteiger partial charge in [0.05, 0.1) is 21.2 Å². The van der Waals surface area contributed by atoms with Gasteiger partial charge < -0.3 is 15.8 Å². The van der Waals surface area contributed by atoms with Gasteiger partial charge in [0.2, 0.25) is 10.0 Å². The molecule has 8 nitrogen and oxygen atoms in total. The minimum Gasteiger partial charge on any atom is -0.449 e. The van der Waals surface area contributed by atoms with Crippen molar-refractivity contribution in [2.75, 3.05) is 11.1 Å². The molecule has 0 radical (unpaired) electrons. The van der Waals surface area contributed by atoms with Gasteiger partial charge in [-0.05, 0) is 43.3 Å². The molecule has 0 fully saturated rings. The first-order valence-electron chi connectivity index (χ1n) is 7.38. The summed E-state index contributed by atoms with van der Waals surface area (Å²) in [5, 5.41) is 7.75. The van der Waals surface area contributed by atoms with Crippen molar-refractivity contribution in [2.45, 2.75) is 17.9 Å². The third-order valence-corrected chi connectivity index (χ3v) is 4.88. The standard InChI is InChI=1S/C16H15Cl2N3O5S/c1-8(26-16(23)12-6-9(17)7-13(18)14(12)19)15(22)21-10-2-4-11(5-3-10)27(20,24)25/h2-8H,19H2,1H3,(H,21,22)(H2,20,24,25)/t8-/m0/s1. The summed E-state index contributed by atoms with van der Waals surface area (Å²) >= 11 is 11.7. The molecule has 0 unspecified atom stereocenters. The van der Waals surface area contributed by atoms with E-state index in [1.165, 1.54) is 43.3 Å². The molecular formula is C16H15Cl2N3O5S. The SMILES string of the molecule is C[C@H](OC(=O)c1cc(Cl)cc(Cl)c1N)C(=O)Nc1ccc(S(N)(=O)=O)cc1. The third kappa shape index (κ3) is 5.33. The Kier molecular flexibility index (Phi) is 6.32. The van der Waals surface area contributed by atoms with E-state index in [0.29, 0.717) is 5.69 Å². The van der Waals surface area contributed by atoms with E-state index in [2.05, 4.69) is 5.32 Å². The second-order valence-corrected chi connectivity index (χ2v) is 7.86. The summed E-state index contributed by atoms with van der Waals surface area (Å²) in [5.41, 5.74) is 5.94. The maximum atomic E-state index is 12.2. The fourth-order valence-corrected chi connectivity index (χ4v) is 3.01. The van der Waals surface area contributed by atoms with Crippen molar-refractivity contribution in [1.29, 1.82) is 0 Å². The van der Waals surface area contributed by atoms with E-state index in [4.69, 9.17) is 38.8 Å².